The largest absolute Gasteiger partial charge is 0.457 e. The highest BCUT2D eigenvalue weighted by Gasteiger charge is 2.59. The fourth-order valence-electron chi connectivity index (χ4n) is 3.21. The SMILES string of the molecule is CS(=O)(=O)c1cccc(Oc2cccc(C3(C(F)(F)F)C=CC=C(N)C3N)c2)c1. The molecule has 1 aliphatic rings. The Hall–Kier alpha value is -2.78. The molecule has 2 unspecified atom stereocenters. The molecular weight excluding hydrogens is 405 g/mol. The lowest BCUT2D eigenvalue weighted by atomic mass is 9.70. The molecule has 0 heterocycles. The van der Waals surface area contributed by atoms with Gasteiger partial charge in [0.1, 0.15) is 16.9 Å². The van der Waals surface area contributed by atoms with Crippen molar-refractivity contribution in [1.82, 2.24) is 0 Å². The first-order valence-corrected chi connectivity index (χ1v) is 10.4. The summed E-state index contributed by atoms with van der Waals surface area (Å²) >= 11 is 0. The van der Waals surface area contributed by atoms with Crippen LogP contribution < -0.4 is 16.2 Å². The summed E-state index contributed by atoms with van der Waals surface area (Å²) in [5, 5.41) is 0. The topological polar surface area (TPSA) is 95.4 Å². The van der Waals surface area contributed by atoms with Crippen LogP contribution in [0.15, 0.2) is 77.4 Å². The highest BCUT2D eigenvalue weighted by Crippen LogP contribution is 2.47. The lowest BCUT2D eigenvalue weighted by Crippen LogP contribution is -2.57. The molecule has 2 aromatic carbocycles. The zero-order valence-electron chi connectivity index (χ0n) is 15.3. The van der Waals surface area contributed by atoms with Gasteiger partial charge in [0.25, 0.3) is 0 Å². The molecular formula is C20H19F3N2O3S. The van der Waals surface area contributed by atoms with Gasteiger partial charge in [0.2, 0.25) is 0 Å². The van der Waals surface area contributed by atoms with Crippen LogP contribution in [0, 0.1) is 0 Å². The number of sulfone groups is 1. The number of rotatable bonds is 4. The van der Waals surface area contributed by atoms with Crippen molar-refractivity contribution in [2.45, 2.75) is 22.5 Å². The second kappa shape index (κ2) is 7.23. The van der Waals surface area contributed by atoms with Crippen LogP contribution in [0.25, 0.3) is 0 Å². The summed E-state index contributed by atoms with van der Waals surface area (Å²) < 4.78 is 71.4. The minimum atomic E-state index is -4.71. The Morgan fingerprint density at radius 3 is 2.31 bits per heavy atom. The zero-order chi connectivity index (χ0) is 21.4. The molecule has 1 aliphatic carbocycles. The molecule has 9 heteroatoms. The van der Waals surface area contributed by atoms with Gasteiger partial charge in [-0.25, -0.2) is 8.42 Å². The first kappa shape index (κ1) is 20.9. The second-order valence-corrected chi connectivity index (χ2v) is 8.76. The zero-order valence-corrected chi connectivity index (χ0v) is 16.2. The van der Waals surface area contributed by atoms with Crippen LogP contribution in [-0.2, 0) is 15.3 Å². The van der Waals surface area contributed by atoms with Gasteiger partial charge in [0.15, 0.2) is 9.84 Å². The summed E-state index contributed by atoms with van der Waals surface area (Å²) in [5.41, 5.74) is 8.84. The Bertz CT molecular complexity index is 1090. The molecule has 154 valence electrons. The molecule has 0 spiro atoms. The smallest absolute Gasteiger partial charge is 0.403 e. The number of ether oxygens (including phenoxy) is 1. The van der Waals surface area contributed by atoms with Gasteiger partial charge in [-0.3, -0.25) is 0 Å². The maximum atomic E-state index is 14.1. The predicted molar refractivity (Wildman–Crippen MR) is 103 cm³/mol. The van der Waals surface area contributed by atoms with E-state index in [9.17, 15) is 21.6 Å². The Kier molecular flexibility index (Phi) is 5.22. The molecule has 5 nitrogen and oxygen atoms in total. The van der Waals surface area contributed by atoms with Gasteiger partial charge in [0, 0.05) is 12.0 Å². The van der Waals surface area contributed by atoms with E-state index in [1.54, 1.807) is 0 Å². The van der Waals surface area contributed by atoms with Crippen LogP contribution in [0.5, 0.6) is 11.5 Å². The number of nitrogens with two attached hydrogens (primary N) is 2. The van der Waals surface area contributed by atoms with Crippen LogP contribution in [0.3, 0.4) is 0 Å². The maximum absolute atomic E-state index is 14.1. The average molecular weight is 424 g/mol. The van der Waals surface area contributed by atoms with Crippen LogP contribution in [0.2, 0.25) is 0 Å². The van der Waals surface area contributed by atoms with Crippen molar-refractivity contribution in [3.63, 3.8) is 0 Å². The Morgan fingerprint density at radius 2 is 1.69 bits per heavy atom. The summed E-state index contributed by atoms with van der Waals surface area (Å²) in [6.07, 6.45) is -0.108. The minimum Gasteiger partial charge on any atom is -0.457 e. The van der Waals surface area contributed by atoms with Crippen molar-refractivity contribution in [2.24, 2.45) is 11.5 Å². The summed E-state index contributed by atoms with van der Waals surface area (Å²) in [6.45, 7) is 0. The van der Waals surface area contributed by atoms with E-state index in [1.165, 1.54) is 60.7 Å². The molecule has 0 bridgehead atoms. The van der Waals surface area contributed by atoms with E-state index in [0.29, 0.717) is 0 Å². The Labute approximate surface area is 166 Å². The van der Waals surface area contributed by atoms with Gasteiger partial charge in [-0.2, -0.15) is 13.2 Å². The van der Waals surface area contributed by atoms with Gasteiger partial charge in [-0.15, -0.1) is 0 Å². The Balaban J connectivity index is 2.03. The fourth-order valence-corrected chi connectivity index (χ4v) is 3.87. The van der Waals surface area contributed by atoms with E-state index in [4.69, 9.17) is 16.2 Å². The van der Waals surface area contributed by atoms with Crippen molar-refractivity contribution in [2.75, 3.05) is 6.26 Å². The number of benzene rings is 2. The molecule has 3 rings (SSSR count). The maximum Gasteiger partial charge on any atom is 0.403 e. The molecule has 2 atom stereocenters. The molecule has 29 heavy (non-hydrogen) atoms. The quantitative estimate of drug-likeness (QED) is 0.784. The second-order valence-electron chi connectivity index (χ2n) is 6.75. The van der Waals surface area contributed by atoms with Gasteiger partial charge in [-0.1, -0.05) is 30.4 Å². The number of hydrogen-bond acceptors (Lipinski definition) is 5. The molecule has 0 saturated heterocycles. The predicted octanol–water partition coefficient (Wildman–Crippen LogP) is 3.42. The van der Waals surface area contributed by atoms with Crippen molar-refractivity contribution in [3.05, 3.63) is 78.0 Å². The summed E-state index contributed by atoms with van der Waals surface area (Å²) in [6, 6.07) is 9.60. The highest BCUT2D eigenvalue weighted by atomic mass is 32.2. The molecule has 2 aromatic rings. The molecule has 0 saturated carbocycles. The monoisotopic (exact) mass is 424 g/mol. The van der Waals surface area contributed by atoms with Crippen molar-refractivity contribution >= 4 is 9.84 Å². The fraction of sp³-hybridized carbons (Fsp3) is 0.200. The number of alkyl halides is 3. The molecule has 0 radical (unpaired) electrons. The normalized spacial score (nSPS) is 22.2. The average Bonchev–Trinajstić information content (AvgIpc) is 2.63. The van der Waals surface area contributed by atoms with Gasteiger partial charge in [0.05, 0.1) is 10.9 Å². The molecule has 0 amide bonds. The van der Waals surface area contributed by atoms with Crippen LogP contribution in [0.4, 0.5) is 13.2 Å². The van der Waals surface area contributed by atoms with Gasteiger partial charge < -0.3 is 16.2 Å². The molecule has 0 aliphatic heterocycles. The number of allylic oxidation sites excluding steroid dienone is 2. The number of hydrogen-bond donors (Lipinski definition) is 2. The van der Waals surface area contributed by atoms with E-state index in [0.717, 1.165) is 12.3 Å². The van der Waals surface area contributed by atoms with Gasteiger partial charge in [-0.05, 0) is 42.0 Å². The van der Waals surface area contributed by atoms with E-state index < -0.39 is 27.5 Å². The van der Waals surface area contributed by atoms with Crippen LogP contribution in [0.1, 0.15) is 5.56 Å². The van der Waals surface area contributed by atoms with E-state index >= 15 is 0 Å². The van der Waals surface area contributed by atoms with Crippen molar-refractivity contribution in [3.8, 4) is 11.5 Å². The van der Waals surface area contributed by atoms with Crippen molar-refractivity contribution < 1.29 is 26.3 Å². The molecule has 0 aromatic heterocycles. The number of halogens is 3. The third-order valence-corrected chi connectivity index (χ3v) is 5.86. The summed E-state index contributed by atoms with van der Waals surface area (Å²) in [5.74, 6) is 0.277. The summed E-state index contributed by atoms with van der Waals surface area (Å²) in [7, 11) is -3.46. The van der Waals surface area contributed by atoms with Gasteiger partial charge >= 0.3 is 6.18 Å². The van der Waals surface area contributed by atoms with Crippen LogP contribution >= 0.6 is 0 Å². The molecule has 0 fully saturated rings. The highest BCUT2D eigenvalue weighted by molar-refractivity contribution is 7.90. The Morgan fingerprint density at radius 1 is 1.07 bits per heavy atom. The van der Waals surface area contributed by atoms with E-state index in [1.807, 2.05) is 0 Å². The molecule has 4 N–H and O–H groups in total. The third-order valence-electron chi connectivity index (χ3n) is 4.75. The standard InChI is InChI=1S/C20H19F3N2O3S/c1-29(26,27)16-8-3-7-15(12-16)28-14-6-2-5-13(11-14)19(20(21,22)23)10-4-9-17(24)18(19)25/h2-12,18H,24-25H2,1H3. The summed E-state index contributed by atoms with van der Waals surface area (Å²) in [4.78, 5) is 0.0352. The lowest BCUT2D eigenvalue weighted by molar-refractivity contribution is -0.179. The lowest BCUT2D eigenvalue weighted by Gasteiger charge is -2.40. The third kappa shape index (κ3) is 3.88. The minimum absolute atomic E-state index is 0.0352. The van der Waals surface area contributed by atoms with Crippen LogP contribution in [-0.4, -0.2) is 26.9 Å². The van der Waals surface area contributed by atoms with E-state index in [2.05, 4.69) is 0 Å². The first-order chi connectivity index (χ1) is 13.4. The van der Waals surface area contributed by atoms with Crippen molar-refractivity contribution in [1.29, 1.82) is 0 Å². The first-order valence-electron chi connectivity index (χ1n) is 8.51. The van der Waals surface area contributed by atoms with E-state index in [-0.39, 0.29) is 27.7 Å².